The van der Waals surface area contributed by atoms with Gasteiger partial charge in [0, 0.05) is 28.3 Å². The van der Waals surface area contributed by atoms with E-state index < -0.39 is 10.0 Å². The van der Waals surface area contributed by atoms with Crippen molar-refractivity contribution in [3.63, 3.8) is 0 Å². The standard InChI is InChI=1S/C17H22N2O3S2/c1-12-10-22-11-13(2)19(12)16-7-5-15(6-8-16)18-24(20,21)17-9-4-14(3)23-17/h4-9,12-13,18H,10-11H2,1-3H3. The second-order valence-corrected chi connectivity index (χ2v) is 9.36. The number of benzene rings is 1. The lowest BCUT2D eigenvalue weighted by Gasteiger charge is -2.40. The van der Waals surface area contributed by atoms with E-state index in [0.29, 0.717) is 35.2 Å². The number of nitrogens with one attached hydrogen (secondary N) is 1. The van der Waals surface area contributed by atoms with Gasteiger partial charge in [-0.05, 0) is 57.2 Å². The Balaban J connectivity index is 1.77. The Morgan fingerprint density at radius 2 is 1.71 bits per heavy atom. The molecule has 2 heterocycles. The minimum absolute atomic E-state index is 0.297. The lowest BCUT2D eigenvalue weighted by atomic mass is 10.1. The number of nitrogens with zero attached hydrogens (tertiary/aromatic N) is 1. The molecule has 7 heteroatoms. The molecule has 2 aromatic rings. The predicted octanol–water partition coefficient (Wildman–Crippen LogP) is 3.47. The second kappa shape index (κ2) is 6.74. The van der Waals surface area contributed by atoms with Gasteiger partial charge in [0.1, 0.15) is 4.21 Å². The molecule has 2 unspecified atom stereocenters. The topological polar surface area (TPSA) is 58.6 Å². The first-order valence-electron chi connectivity index (χ1n) is 7.92. The monoisotopic (exact) mass is 366 g/mol. The van der Waals surface area contributed by atoms with Crippen LogP contribution in [0.4, 0.5) is 11.4 Å². The van der Waals surface area contributed by atoms with Gasteiger partial charge in [0.15, 0.2) is 0 Å². The summed E-state index contributed by atoms with van der Waals surface area (Å²) in [6.07, 6.45) is 0. The van der Waals surface area contributed by atoms with Gasteiger partial charge in [-0.15, -0.1) is 11.3 Å². The van der Waals surface area contributed by atoms with Gasteiger partial charge >= 0.3 is 0 Å². The van der Waals surface area contributed by atoms with E-state index in [4.69, 9.17) is 4.74 Å². The van der Waals surface area contributed by atoms with Crippen molar-refractivity contribution in [3.8, 4) is 0 Å². The quantitative estimate of drug-likeness (QED) is 0.900. The summed E-state index contributed by atoms with van der Waals surface area (Å²) in [5.74, 6) is 0. The minimum Gasteiger partial charge on any atom is -0.377 e. The normalized spacial score (nSPS) is 21.7. The summed E-state index contributed by atoms with van der Waals surface area (Å²) in [7, 11) is -3.52. The van der Waals surface area contributed by atoms with Crippen LogP contribution in [0.25, 0.3) is 0 Å². The van der Waals surface area contributed by atoms with Crippen LogP contribution in [-0.4, -0.2) is 33.7 Å². The fraction of sp³-hybridized carbons (Fsp3) is 0.412. The van der Waals surface area contributed by atoms with Gasteiger partial charge in [-0.25, -0.2) is 8.42 Å². The summed E-state index contributed by atoms with van der Waals surface area (Å²) in [5, 5.41) is 0. The van der Waals surface area contributed by atoms with Crippen LogP contribution < -0.4 is 9.62 Å². The summed E-state index contributed by atoms with van der Waals surface area (Å²) >= 11 is 1.27. The zero-order valence-corrected chi connectivity index (χ0v) is 15.7. The third kappa shape index (κ3) is 3.58. The smallest absolute Gasteiger partial charge is 0.271 e. The van der Waals surface area contributed by atoms with Gasteiger partial charge in [-0.1, -0.05) is 0 Å². The zero-order chi connectivity index (χ0) is 17.3. The predicted molar refractivity (Wildman–Crippen MR) is 98.5 cm³/mol. The van der Waals surface area contributed by atoms with Crippen molar-refractivity contribution >= 4 is 32.7 Å². The largest absolute Gasteiger partial charge is 0.377 e. The van der Waals surface area contributed by atoms with Crippen molar-refractivity contribution in [2.24, 2.45) is 0 Å². The lowest BCUT2D eigenvalue weighted by Crippen LogP contribution is -2.49. The van der Waals surface area contributed by atoms with Crippen LogP contribution >= 0.6 is 11.3 Å². The van der Waals surface area contributed by atoms with E-state index in [9.17, 15) is 8.42 Å². The number of hydrogen-bond donors (Lipinski definition) is 1. The van der Waals surface area contributed by atoms with Crippen molar-refractivity contribution in [1.29, 1.82) is 0 Å². The first kappa shape index (κ1) is 17.3. The number of rotatable bonds is 4. The number of morpholine rings is 1. The molecule has 2 atom stereocenters. The molecule has 5 nitrogen and oxygen atoms in total. The van der Waals surface area contributed by atoms with Gasteiger partial charge < -0.3 is 9.64 Å². The molecular weight excluding hydrogens is 344 g/mol. The fourth-order valence-electron chi connectivity index (χ4n) is 2.98. The molecule has 0 radical (unpaired) electrons. The average Bonchev–Trinajstić information content (AvgIpc) is 2.96. The van der Waals surface area contributed by atoms with E-state index in [1.54, 1.807) is 6.07 Å². The minimum atomic E-state index is -3.52. The highest BCUT2D eigenvalue weighted by molar-refractivity contribution is 7.94. The molecule has 130 valence electrons. The van der Waals surface area contributed by atoms with Crippen LogP contribution in [0, 0.1) is 6.92 Å². The molecular formula is C17H22N2O3S2. The van der Waals surface area contributed by atoms with Crippen molar-refractivity contribution in [2.75, 3.05) is 22.8 Å². The van der Waals surface area contributed by atoms with Gasteiger partial charge in [0.2, 0.25) is 0 Å². The van der Waals surface area contributed by atoms with Gasteiger partial charge in [-0.2, -0.15) is 0 Å². The Morgan fingerprint density at radius 3 is 2.25 bits per heavy atom. The van der Waals surface area contributed by atoms with E-state index in [1.807, 2.05) is 37.3 Å². The van der Waals surface area contributed by atoms with Gasteiger partial charge in [0.25, 0.3) is 10.0 Å². The summed E-state index contributed by atoms with van der Waals surface area (Å²) in [6.45, 7) is 7.56. The Kier molecular flexibility index (Phi) is 4.85. The number of aryl methyl sites for hydroxylation is 1. The first-order chi connectivity index (χ1) is 11.4. The molecule has 1 aromatic carbocycles. The van der Waals surface area contributed by atoms with Crippen molar-refractivity contribution in [1.82, 2.24) is 0 Å². The van der Waals surface area contributed by atoms with E-state index in [2.05, 4.69) is 23.5 Å². The Bertz CT molecular complexity index is 789. The maximum absolute atomic E-state index is 12.4. The van der Waals surface area contributed by atoms with Gasteiger partial charge in [-0.3, -0.25) is 4.72 Å². The maximum Gasteiger partial charge on any atom is 0.271 e. The first-order valence-corrected chi connectivity index (χ1v) is 10.2. The fourth-order valence-corrected chi connectivity index (χ4v) is 5.32. The van der Waals surface area contributed by atoms with Crippen molar-refractivity contribution < 1.29 is 13.2 Å². The summed E-state index contributed by atoms with van der Waals surface area (Å²) < 4.78 is 33.3. The van der Waals surface area contributed by atoms with Gasteiger partial charge in [0.05, 0.1) is 13.2 Å². The number of thiophene rings is 1. The maximum atomic E-state index is 12.4. The zero-order valence-electron chi connectivity index (χ0n) is 14.0. The summed E-state index contributed by atoms with van der Waals surface area (Å²) in [5.41, 5.74) is 1.64. The van der Waals surface area contributed by atoms with Crippen LogP contribution in [-0.2, 0) is 14.8 Å². The van der Waals surface area contributed by atoms with E-state index >= 15 is 0 Å². The lowest BCUT2D eigenvalue weighted by molar-refractivity contribution is 0.0757. The van der Waals surface area contributed by atoms with Crippen LogP contribution in [0.15, 0.2) is 40.6 Å². The number of anilines is 2. The molecule has 1 aromatic heterocycles. The molecule has 1 N–H and O–H groups in total. The molecule has 1 saturated heterocycles. The van der Waals surface area contributed by atoms with Crippen molar-refractivity contribution in [2.45, 2.75) is 37.1 Å². The summed E-state index contributed by atoms with van der Waals surface area (Å²) in [6, 6.07) is 11.6. The second-order valence-electron chi connectivity index (χ2n) is 6.16. The highest BCUT2D eigenvalue weighted by Gasteiger charge is 2.25. The molecule has 1 aliphatic rings. The van der Waals surface area contributed by atoms with E-state index in [-0.39, 0.29) is 0 Å². The molecule has 0 amide bonds. The molecule has 0 saturated carbocycles. The highest BCUT2D eigenvalue weighted by atomic mass is 32.2. The molecule has 0 aliphatic carbocycles. The third-order valence-electron chi connectivity index (χ3n) is 4.07. The summed E-state index contributed by atoms with van der Waals surface area (Å²) in [4.78, 5) is 3.28. The molecule has 1 aliphatic heterocycles. The van der Waals surface area contributed by atoms with E-state index in [0.717, 1.165) is 10.6 Å². The van der Waals surface area contributed by atoms with Crippen LogP contribution in [0.2, 0.25) is 0 Å². The number of hydrogen-bond acceptors (Lipinski definition) is 5. The third-order valence-corrected chi connectivity index (χ3v) is 6.94. The Hall–Kier alpha value is -1.57. The molecule has 0 spiro atoms. The number of sulfonamides is 1. The van der Waals surface area contributed by atoms with Crippen LogP contribution in [0.1, 0.15) is 18.7 Å². The molecule has 24 heavy (non-hydrogen) atoms. The van der Waals surface area contributed by atoms with Crippen molar-refractivity contribution in [3.05, 3.63) is 41.3 Å². The molecule has 0 bridgehead atoms. The SMILES string of the molecule is Cc1ccc(S(=O)(=O)Nc2ccc(N3C(C)COCC3C)cc2)s1. The van der Waals surface area contributed by atoms with Crippen LogP contribution in [0.5, 0.6) is 0 Å². The molecule has 3 rings (SSSR count). The Morgan fingerprint density at radius 1 is 1.08 bits per heavy atom. The van der Waals surface area contributed by atoms with Crippen LogP contribution in [0.3, 0.4) is 0 Å². The molecule has 1 fully saturated rings. The number of ether oxygens (including phenoxy) is 1. The van der Waals surface area contributed by atoms with E-state index in [1.165, 1.54) is 11.3 Å². The Labute approximate surface area is 147 Å². The average molecular weight is 367 g/mol. The highest BCUT2D eigenvalue weighted by Crippen LogP contribution is 2.27.